The van der Waals surface area contributed by atoms with Crippen molar-refractivity contribution < 1.29 is 0 Å². The van der Waals surface area contributed by atoms with Crippen LogP contribution in [0.3, 0.4) is 0 Å². The van der Waals surface area contributed by atoms with Crippen molar-refractivity contribution in [1.29, 1.82) is 0 Å². The Balaban J connectivity index is 1.12. The highest BCUT2D eigenvalue weighted by Crippen LogP contribution is 2.59. The molecule has 3 aliphatic carbocycles. The van der Waals surface area contributed by atoms with Crippen LogP contribution in [0.5, 0.6) is 0 Å². The highest BCUT2D eigenvalue weighted by molar-refractivity contribution is 5.92. The number of rotatable bonds is 8. The Kier molecular flexibility index (Phi) is 8.83. The van der Waals surface area contributed by atoms with Gasteiger partial charge in [-0.15, -0.1) is 0 Å². The topological polar surface area (TPSA) is 3.24 Å². The van der Waals surface area contributed by atoms with E-state index in [2.05, 4.69) is 254 Å². The van der Waals surface area contributed by atoms with Crippen LogP contribution in [0.1, 0.15) is 62.9 Å². The Hall–Kier alpha value is -7.74. The van der Waals surface area contributed by atoms with Crippen LogP contribution in [0.4, 0.5) is 17.1 Å². The van der Waals surface area contributed by atoms with Gasteiger partial charge in [0.25, 0.3) is 0 Å². The predicted octanol–water partition coefficient (Wildman–Crippen LogP) is 15.6. The molecule has 0 unspecified atom stereocenters. The van der Waals surface area contributed by atoms with E-state index in [9.17, 15) is 0 Å². The van der Waals surface area contributed by atoms with Crippen LogP contribution in [0.2, 0.25) is 0 Å². The summed E-state index contributed by atoms with van der Waals surface area (Å²) in [5.74, 6) is 0. The van der Waals surface area contributed by atoms with Crippen molar-refractivity contribution in [3.05, 3.63) is 299 Å². The van der Waals surface area contributed by atoms with E-state index in [0.717, 1.165) is 29.9 Å². The van der Waals surface area contributed by atoms with Gasteiger partial charge in [-0.25, -0.2) is 0 Å². The van der Waals surface area contributed by atoms with Crippen molar-refractivity contribution in [3.63, 3.8) is 0 Å². The molecule has 0 bridgehead atoms. The first-order chi connectivity index (χ1) is 31.3. The van der Waals surface area contributed by atoms with Gasteiger partial charge >= 0.3 is 0 Å². The minimum Gasteiger partial charge on any atom is -0.310 e. The second-order valence-electron chi connectivity index (χ2n) is 17.0. The number of allylic oxidation sites excluding steroid dienone is 4. The van der Waals surface area contributed by atoms with Gasteiger partial charge in [-0.3, -0.25) is 0 Å². The Morgan fingerprint density at radius 3 is 1.11 bits per heavy atom. The van der Waals surface area contributed by atoms with Crippen LogP contribution in [0.25, 0.3) is 27.8 Å². The second-order valence-corrected chi connectivity index (χ2v) is 17.0. The fourth-order valence-electron chi connectivity index (χ4n) is 11.2. The van der Waals surface area contributed by atoms with E-state index in [1.807, 2.05) is 0 Å². The van der Waals surface area contributed by atoms with E-state index in [0.29, 0.717) is 0 Å². The largest absolute Gasteiger partial charge is 0.310 e. The first-order valence-electron chi connectivity index (χ1n) is 22.2. The van der Waals surface area contributed by atoms with Gasteiger partial charge in [0.1, 0.15) is 0 Å². The zero-order valence-electron chi connectivity index (χ0n) is 35.0. The Labute approximate surface area is 370 Å². The lowest BCUT2D eigenvalue weighted by atomic mass is 9.67. The smallest absolute Gasteiger partial charge is 0.0714 e. The molecule has 0 saturated carbocycles. The maximum absolute atomic E-state index is 2.49. The minimum atomic E-state index is -0.519. The molecule has 0 aliphatic heterocycles. The van der Waals surface area contributed by atoms with Crippen molar-refractivity contribution in [1.82, 2.24) is 0 Å². The van der Waals surface area contributed by atoms with Crippen molar-refractivity contribution in [3.8, 4) is 22.3 Å². The van der Waals surface area contributed by atoms with Gasteiger partial charge in [0, 0.05) is 17.1 Å². The van der Waals surface area contributed by atoms with E-state index in [1.54, 1.807) is 0 Å². The SMILES string of the molecule is C1=CC(c2ccc(N(c3ccc4c(c3)C(c3ccccc3)(c3ccccc3)c3ccccc3-4)c3ccc4c(c3)C(c3ccccc3)(c3ccccc3)c3ccccc3-4)cc2)=CCC1. The highest BCUT2D eigenvalue weighted by Gasteiger charge is 2.48. The quantitative estimate of drug-likeness (QED) is 0.148. The molecule has 0 spiro atoms. The molecule has 0 atom stereocenters. The predicted molar refractivity (Wildman–Crippen MR) is 262 cm³/mol. The molecule has 0 amide bonds. The maximum atomic E-state index is 2.49. The Morgan fingerprint density at radius 2 is 0.698 bits per heavy atom. The van der Waals surface area contributed by atoms with Gasteiger partial charge < -0.3 is 4.90 Å². The standard InChI is InChI=1S/C62H45N/c1-6-20-44(21-7-1)45-34-36-50(37-35-45)63(51-38-40-55-53-30-16-18-32-57(53)61(59(55)42-51,46-22-8-2-9-23-46)47-24-10-3-11-25-47)52-39-41-56-54-31-17-19-33-58(54)62(60(56)43-52,48-26-12-4-13-27-48)49-28-14-5-15-29-49/h2-6,8-43H,1,7H2. The number of hydrogen-bond donors (Lipinski definition) is 0. The van der Waals surface area contributed by atoms with Gasteiger partial charge in [0.15, 0.2) is 0 Å². The average molecular weight is 804 g/mol. The van der Waals surface area contributed by atoms with Gasteiger partial charge in [-0.1, -0.05) is 212 Å². The molecule has 9 aromatic rings. The van der Waals surface area contributed by atoms with E-state index in [-0.39, 0.29) is 0 Å². The molecular formula is C62H45N. The van der Waals surface area contributed by atoms with Crippen molar-refractivity contribution in [2.75, 3.05) is 4.90 Å². The zero-order chi connectivity index (χ0) is 41.8. The van der Waals surface area contributed by atoms with Crippen LogP contribution < -0.4 is 4.90 Å². The summed E-state index contributed by atoms with van der Waals surface area (Å²) in [5.41, 5.74) is 20.2. The summed E-state index contributed by atoms with van der Waals surface area (Å²) in [4.78, 5) is 2.49. The van der Waals surface area contributed by atoms with Crippen LogP contribution in [-0.2, 0) is 10.8 Å². The van der Waals surface area contributed by atoms with Crippen molar-refractivity contribution in [2.24, 2.45) is 0 Å². The Bertz CT molecular complexity index is 2940. The second kappa shape index (κ2) is 15.0. The summed E-state index contributed by atoms with van der Waals surface area (Å²) in [6.07, 6.45) is 9.09. The lowest BCUT2D eigenvalue weighted by Crippen LogP contribution is -2.29. The molecule has 9 aromatic carbocycles. The third kappa shape index (κ3) is 5.63. The molecule has 0 N–H and O–H groups in total. The number of anilines is 3. The molecule has 63 heavy (non-hydrogen) atoms. The van der Waals surface area contributed by atoms with Crippen LogP contribution in [-0.4, -0.2) is 0 Å². The van der Waals surface area contributed by atoms with Crippen molar-refractivity contribution >= 4 is 22.6 Å². The third-order valence-corrected chi connectivity index (χ3v) is 13.9. The van der Waals surface area contributed by atoms with Crippen LogP contribution in [0.15, 0.2) is 249 Å². The van der Waals surface area contributed by atoms with Gasteiger partial charge in [0.2, 0.25) is 0 Å². The number of hydrogen-bond acceptors (Lipinski definition) is 1. The first kappa shape index (κ1) is 37.1. The fourth-order valence-corrected chi connectivity index (χ4v) is 11.2. The van der Waals surface area contributed by atoms with Crippen molar-refractivity contribution in [2.45, 2.75) is 23.7 Å². The van der Waals surface area contributed by atoms with E-state index < -0.39 is 10.8 Å². The first-order valence-corrected chi connectivity index (χ1v) is 22.2. The molecule has 298 valence electrons. The normalized spacial score (nSPS) is 14.8. The molecule has 0 fully saturated rings. The summed E-state index contributed by atoms with van der Waals surface area (Å²) in [6.45, 7) is 0. The average Bonchev–Trinajstić information content (AvgIpc) is 3.83. The summed E-state index contributed by atoms with van der Waals surface area (Å²) in [6, 6.07) is 86.1. The molecule has 1 heteroatoms. The third-order valence-electron chi connectivity index (χ3n) is 13.9. The molecule has 0 aromatic heterocycles. The molecule has 1 nitrogen and oxygen atoms in total. The van der Waals surface area contributed by atoms with E-state index in [1.165, 1.54) is 77.9 Å². The van der Waals surface area contributed by atoms with Gasteiger partial charge in [0.05, 0.1) is 10.8 Å². The highest BCUT2D eigenvalue weighted by atomic mass is 15.1. The summed E-state index contributed by atoms with van der Waals surface area (Å²) < 4.78 is 0. The summed E-state index contributed by atoms with van der Waals surface area (Å²) >= 11 is 0. The van der Waals surface area contributed by atoms with Crippen LogP contribution >= 0.6 is 0 Å². The fraction of sp³-hybridized carbons (Fsp3) is 0.0645. The lowest BCUT2D eigenvalue weighted by molar-refractivity contribution is 0.767. The van der Waals surface area contributed by atoms with Crippen LogP contribution in [0, 0.1) is 0 Å². The zero-order valence-corrected chi connectivity index (χ0v) is 35.0. The monoisotopic (exact) mass is 803 g/mol. The molecule has 3 aliphatic rings. The number of nitrogens with zero attached hydrogens (tertiary/aromatic N) is 1. The van der Waals surface area contributed by atoms with E-state index >= 15 is 0 Å². The molecular weight excluding hydrogens is 759 g/mol. The number of benzene rings is 9. The lowest BCUT2D eigenvalue weighted by Gasteiger charge is -2.36. The molecule has 0 heterocycles. The Morgan fingerprint density at radius 1 is 0.317 bits per heavy atom. The molecule has 12 rings (SSSR count). The minimum absolute atomic E-state index is 0.519. The summed E-state index contributed by atoms with van der Waals surface area (Å²) in [7, 11) is 0. The molecule has 0 radical (unpaired) electrons. The maximum Gasteiger partial charge on any atom is 0.0714 e. The summed E-state index contributed by atoms with van der Waals surface area (Å²) in [5, 5.41) is 0. The van der Waals surface area contributed by atoms with E-state index in [4.69, 9.17) is 0 Å². The molecule has 0 saturated heterocycles. The number of fused-ring (bicyclic) bond motifs is 6. The van der Waals surface area contributed by atoms with Gasteiger partial charge in [-0.05, 0) is 127 Å². The van der Waals surface area contributed by atoms with Gasteiger partial charge in [-0.2, -0.15) is 0 Å².